The van der Waals surface area contributed by atoms with Crippen molar-refractivity contribution >= 4 is 38.8 Å². The normalized spacial score (nSPS) is 18.7. The third-order valence-corrected chi connectivity index (χ3v) is 8.16. The molecule has 1 saturated heterocycles. The van der Waals surface area contributed by atoms with E-state index in [1.165, 1.54) is 23.1 Å². The molecule has 8 heteroatoms. The molecule has 0 N–H and O–H groups in total. The van der Waals surface area contributed by atoms with Crippen molar-refractivity contribution in [1.29, 1.82) is 0 Å². The van der Waals surface area contributed by atoms with E-state index in [2.05, 4.69) is 4.98 Å². The molecule has 1 aliphatic rings. The van der Waals surface area contributed by atoms with E-state index >= 15 is 0 Å². The lowest BCUT2D eigenvalue weighted by Crippen LogP contribution is -2.44. The second-order valence-corrected chi connectivity index (χ2v) is 11.5. The Morgan fingerprint density at radius 2 is 2.07 bits per heavy atom. The summed E-state index contributed by atoms with van der Waals surface area (Å²) in [7, 11) is -3.02. The maximum atomic E-state index is 12.8. The zero-order valence-corrected chi connectivity index (χ0v) is 17.9. The third kappa shape index (κ3) is 5.56. The number of thiazole rings is 1. The lowest BCUT2D eigenvalue weighted by atomic mass is 10.1. The molecule has 27 heavy (non-hydrogen) atoms. The van der Waals surface area contributed by atoms with Crippen molar-refractivity contribution in [1.82, 2.24) is 9.88 Å². The molecular weight excluding hydrogens is 400 g/mol. The van der Waals surface area contributed by atoms with E-state index in [0.29, 0.717) is 18.9 Å². The minimum absolute atomic E-state index is 0.00717. The summed E-state index contributed by atoms with van der Waals surface area (Å²) < 4.78 is 24.5. The Balaban J connectivity index is 1.63. The SMILES string of the molecule is CC(C)CN(C(=O)CSc1nc(-c2ccccc2)cs1)[C@@H]1CCS(=O)(=O)C1. The van der Waals surface area contributed by atoms with Gasteiger partial charge < -0.3 is 4.90 Å². The summed E-state index contributed by atoms with van der Waals surface area (Å²) >= 11 is 2.95. The molecule has 0 radical (unpaired) electrons. The Morgan fingerprint density at radius 3 is 2.70 bits per heavy atom. The maximum Gasteiger partial charge on any atom is 0.233 e. The number of hydrogen-bond donors (Lipinski definition) is 0. The third-order valence-electron chi connectivity index (χ3n) is 4.40. The smallest absolute Gasteiger partial charge is 0.233 e. The van der Waals surface area contributed by atoms with Gasteiger partial charge in [0.1, 0.15) is 0 Å². The first-order valence-electron chi connectivity index (χ1n) is 8.98. The molecule has 1 amide bonds. The van der Waals surface area contributed by atoms with Crippen LogP contribution < -0.4 is 0 Å². The Kier molecular flexibility index (Phi) is 6.60. The zero-order valence-electron chi connectivity index (χ0n) is 15.5. The van der Waals surface area contributed by atoms with Gasteiger partial charge in [-0.25, -0.2) is 13.4 Å². The summed E-state index contributed by atoms with van der Waals surface area (Å²) in [6.45, 7) is 4.68. The lowest BCUT2D eigenvalue weighted by molar-refractivity contribution is -0.130. The van der Waals surface area contributed by atoms with Crippen LogP contribution in [0.3, 0.4) is 0 Å². The highest BCUT2D eigenvalue weighted by atomic mass is 32.2. The summed E-state index contributed by atoms with van der Waals surface area (Å²) in [5.74, 6) is 0.843. The van der Waals surface area contributed by atoms with Crippen molar-refractivity contribution in [3.63, 3.8) is 0 Å². The lowest BCUT2D eigenvalue weighted by Gasteiger charge is -2.29. The number of thioether (sulfide) groups is 1. The monoisotopic (exact) mass is 424 g/mol. The van der Waals surface area contributed by atoms with Crippen molar-refractivity contribution in [3.05, 3.63) is 35.7 Å². The predicted octanol–water partition coefficient (Wildman–Crippen LogP) is 3.57. The molecule has 1 aliphatic heterocycles. The van der Waals surface area contributed by atoms with Crippen molar-refractivity contribution in [2.75, 3.05) is 23.8 Å². The van der Waals surface area contributed by atoms with Gasteiger partial charge in [0.25, 0.3) is 0 Å². The van der Waals surface area contributed by atoms with Crippen LogP contribution in [0, 0.1) is 5.92 Å². The number of amides is 1. The number of nitrogens with zero attached hydrogens (tertiary/aromatic N) is 2. The standard InChI is InChI=1S/C19H24N2O3S3/c1-14(2)10-21(16-8-9-27(23,24)13-16)18(22)12-26-19-20-17(11-25-19)15-6-4-3-5-7-15/h3-7,11,14,16H,8-10,12-13H2,1-2H3/t16-/m1/s1. The molecule has 1 fully saturated rings. The number of hydrogen-bond acceptors (Lipinski definition) is 6. The van der Waals surface area contributed by atoms with Crippen molar-refractivity contribution in [2.45, 2.75) is 30.6 Å². The Bertz CT molecular complexity index is 879. The Morgan fingerprint density at radius 1 is 1.33 bits per heavy atom. The van der Waals surface area contributed by atoms with Crippen LogP contribution in [0.25, 0.3) is 11.3 Å². The first-order chi connectivity index (χ1) is 12.8. The molecule has 2 heterocycles. The highest BCUT2D eigenvalue weighted by Crippen LogP contribution is 2.29. The zero-order chi connectivity index (χ0) is 19.4. The molecule has 0 bridgehead atoms. The maximum absolute atomic E-state index is 12.8. The van der Waals surface area contributed by atoms with E-state index < -0.39 is 9.84 Å². The van der Waals surface area contributed by atoms with Crippen LogP contribution in [0.5, 0.6) is 0 Å². The van der Waals surface area contributed by atoms with Gasteiger partial charge in [-0.15, -0.1) is 11.3 Å². The molecule has 0 unspecified atom stereocenters. The van der Waals surface area contributed by atoms with Crippen LogP contribution in [0.4, 0.5) is 0 Å². The van der Waals surface area contributed by atoms with Gasteiger partial charge in [-0.3, -0.25) is 4.79 Å². The number of carbonyl (C=O) groups is 1. The van der Waals surface area contributed by atoms with Crippen molar-refractivity contribution < 1.29 is 13.2 Å². The summed E-state index contributed by atoms with van der Waals surface area (Å²) in [6, 6.07) is 9.76. The molecule has 0 aliphatic carbocycles. The number of carbonyl (C=O) groups excluding carboxylic acids is 1. The quantitative estimate of drug-likeness (QED) is 0.636. The summed E-state index contributed by atoms with van der Waals surface area (Å²) in [6.07, 6.45) is 0.543. The second-order valence-electron chi connectivity index (χ2n) is 7.15. The largest absolute Gasteiger partial charge is 0.338 e. The van der Waals surface area contributed by atoms with E-state index in [9.17, 15) is 13.2 Å². The Labute approximate surface area is 169 Å². The van der Waals surface area contributed by atoms with Crippen LogP contribution in [-0.2, 0) is 14.6 Å². The summed E-state index contributed by atoms with van der Waals surface area (Å²) in [5.41, 5.74) is 1.97. The Hall–Kier alpha value is -1.38. The minimum atomic E-state index is -3.02. The molecule has 0 spiro atoms. The van der Waals surface area contributed by atoms with Crippen LogP contribution in [0.2, 0.25) is 0 Å². The van der Waals surface area contributed by atoms with E-state index in [0.717, 1.165) is 15.6 Å². The first kappa shape index (κ1) is 20.4. The number of sulfone groups is 1. The average molecular weight is 425 g/mol. The van der Waals surface area contributed by atoms with Gasteiger partial charge in [0.05, 0.1) is 23.0 Å². The molecule has 1 atom stereocenters. The van der Waals surface area contributed by atoms with E-state index in [1.54, 1.807) is 4.90 Å². The van der Waals surface area contributed by atoms with Gasteiger partial charge in [-0.2, -0.15) is 0 Å². The van der Waals surface area contributed by atoms with Gasteiger partial charge in [0.15, 0.2) is 14.2 Å². The van der Waals surface area contributed by atoms with Crippen LogP contribution in [-0.4, -0.2) is 54.1 Å². The van der Waals surface area contributed by atoms with Crippen LogP contribution >= 0.6 is 23.1 Å². The molecule has 2 aromatic rings. The second kappa shape index (κ2) is 8.75. The highest BCUT2D eigenvalue weighted by Gasteiger charge is 2.34. The van der Waals surface area contributed by atoms with Gasteiger partial charge in [0, 0.05) is 23.5 Å². The molecule has 146 valence electrons. The first-order valence-corrected chi connectivity index (χ1v) is 12.7. The van der Waals surface area contributed by atoms with Crippen molar-refractivity contribution in [3.8, 4) is 11.3 Å². The molecule has 5 nitrogen and oxygen atoms in total. The molecule has 1 aromatic heterocycles. The summed E-state index contributed by atoms with van der Waals surface area (Å²) in [4.78, 5) is 19.2. The van der Waals surface area contributed by atoms with E-state index in [4.69, 9.17) is 0 Å². The van der Waals surface area contributed by atoms with Gasteiger partial charge in [-0.1, -0.05) is 55.9 Å². The highest BCUT2D eigenvalue weighted by molar-refractivity contribution is 8.01. The number of rotatable bonds is 7. The molecular formula is C19H24N2O3S3. The number of benzene rings is 1. The molecule has 1 aromatic carbocycles. The molecule has 3 rings (SSSR count). The number of aromatic nitrogens is 1. The van der Waals surface area contributed by atoms with E-state index in [-0.39, 0.29) is 29.2 Å². The van der Waals surface area contributed by atoms with Crippen LogP contribution in [0.1, 0.15) is 20.3 Å². The fraction of sp³-hybridized carbons (Fsp3) is 0.474. The molecule has 0 saturated carbocycles. The van der Waals surface area contributed by atoms with Gasteiger partial charge >= 0.3 is 0 Å². The fourth-order valence-corrected chi connectivity index (χ4v) is 6.59. The van der Waals surface area contributed by atoms with Crippen LogP contribution in [0.15, 0.2) is 40.1 Å². The van der Waals surface area contributed by atoms with Crippen molar-refractivity contribution in [2.24, 2.45) is 5.92 Å². The minimum Gasteiger partial charge on any atom is -0.338 e. The fourth-order valence-electron chi connectivity index (χ4n) is 3.14. The van der Waals surface area contributed by atoms with Gasteiger partial charge in [-0.05, 0) is 12.3 Å². The average Bonchev–Trinajstić information content (AvgIpc) is 3.24. The van der Waals surface area contributed by atoms with Gasteiger partial charge in [0.2, 0.25) is 5.91 Å². The van der Waals surface area contributed by atoms with E-state index in [1.807, 2.05) is 49.6 Å². The summed E-state index contributed by atoms with van der Waals surface area (Å²) in [5, 5.41) is 2.00. The predicted molar refractivity (Wildman–Crippen MR) is 112 cm³/mol. The topological polar surface area (TPSA) is 67.3 Å².